The highest BCUT2D eigenvalue weighted by Gasteiger charge is 2.64. The van der Waals surface area contributed by atoms with Gasteiger partial charge in [-0.2, -0.15) is 0 Å². The number of aryl methyl sites for hydroxylation is 2. The van der Waals surface area contributed by atoms with Crippen LogP contribution in [0.2, 0.25) is 5.02 Å². The quantitative estimate of drug-likeness (QED) is 0.0338. The zero-order valence-corrected chi connectivity index (χ0v) is 54.4. The number of aliphatic hydroxyl groups is 1. The van der Waals surface area contributed by atoms with Crippen molar-refractivity contribution in [3.05, 3.63) is 88.1 Å². The van der Waals surface area contributed by atoms with Crippen LogP contribution in [0.25, 0.3) is 10.9 Å². The van der Waals surface area contributed by atoms with Gasteiger partial charge in [0.15, 0.2) is 5.72 Å². The molecule has 4 bridgehead atoms. The lowest BCUT2D eigenvalue weighted by Crippen LogP contribution is -2.63. The third-order valence-electron chi connectivity index (χ3n) is 16.5. The first kappa shape index (κ1) is 72.2. The van der Waals surface area contributed by atoms with Gasteiger partial charge in [0.25, 0.3) is 0 Å². The Bertz CT molecular complexity index is 2890. The van der Waals surface area contributed by atoms with Gasteiger partial charge >= 0.3 is 12.1 Å². The Morgan fingerprint density at radius 3 is 2.15 bits per heavy atom. The number of rotatable bonds is 34. The molecule has 3 aliphatic heterocycles. The first-order valence-electron chi connectivity index (χ1n) is 30.9. The number of hydrogen-bond donors (Lipinski definition) is 3. The van der Waals surface area contributed by atoms with Crippen LogP contribution < -0.4 is 15.5 Å². The average molecular weight is 1270 g/mol. The molecule has 3 aliphatic rings. The summed E-state index contributed by atoms with van der Waals surface area (Å²) in [7, 11) is 6.60. The monoisotopic (exact) mass is 1270 g/mol. The van der Waals surface area contributed by atoms with Gasteiger partial charge in [-0.3, -0.25) is 24.5 Å². The number of allylic oxidation sites excluding steroid dienone is 3. The Hall–Kier alpha value is -5.83. The molecule has 2 saturated heterocycles. The van der Waals surface area contributed by atoms with Gasteiger partial charge < -0.3 is 77.1 Å². The SMILES string of the molecule is CCN(C)Cc1cc2ccccc2n1CCC(=O)CCC(=O)NCCOCCOCCOCCOCCOCCOCCC(=O)N(C)[C@@H](C)C(=O)O[C@H]1CC(=O)N(C)c2cc(cc(C)c2Cl)C/C(C)=C/C=C/[C@@H](OC)[C@]2(O)C[C@H](OC(=O)N2)[C@@H](C)C2O[C@]21C. The fourth-order valence-electron chi connectivity index (χ4n) is 10.8. The number of epoxide rings is 1. The Kier molecular flexibility index (Phi) is 29.0. The van der Waals surface area contributed by atoms with Crippen LogP contribution in [-0.2, 0) is 90.9 Å². The lowest BCUT2D eigenvalue weighted by molar-refractivity contribution is -0.162. The zero-order valence-electron chi connectivity index (χ0n) is 53.6. The van der Waals surface area contributed by atoms with Crippen molar-refractivity contribution < 1.29 is 81.2 Å². The summed E-state index contributed by atoms with van der Waals surface area (Å²) < 4.78 is 59.5. The first-order valence-corrected chi connectivity index (χ1v) is 31.2. The largest absolute Gasteiger partial charge is 0.457 e. The van der Waals surface area contributed by atoms with Crippen molar-refractivity contribution in [2.24, 2.45) is 5.92 Å². The van der Waals surface area contributed by atoms with E-state index >= 15 is 0 Å². The summed E-state index contributed by atoms with van der Waals surface area (Å²) in [6.45, 7) is 17.4. The molecule has 0 aliphatic carbocycles. The maximum Gasteiger partial charge on any atom is 0.409 e. The van der Waals surface area contributed by atoms with E-state index in [1.54, 1.807) is 33.0 Å². The molecule has 0 spiro atoms. The van der Waals surface area contributed by atoms with Crippen LogP contribution in [0.1, 0.15) is 90.0 Å². The van der Waals surface area contributed by atoms with E-state index in [1.165, 1.54) is 36.6 Å². The van der Waals surface area contributed by atoms with Gasteiger partial charge in [-0.25, -0.2) is 9.59 Å². The number of benzene rings is 2. The van der Waals surface area contributed by atoms with Crippen molar-refractivity contribution in [2.75, 3.05) is 126 Å². The van der Waals surface area contributed by atoms with Crippen LogP contribution in [0.5, 0.6) is 0 Å². The molecule has 0 radical (unpaired) electrons. The number of carbonyl (C=O) groups is 6. The standard InChI is InChI=1S/C65H95ClN6O17/c1-11-69(7)43-50-40-49-16-12-13-17-52(49)72(50)24-21-51(73)19-20-57(74)67-23-26-82-28-30-84-32-34-86-36-35-85-33-31-83-29-27-81-25-22-58(75)70(8)47(5)62(77)88-56-41-59(76)71(9)53-39-48(38-45(3)60(53)66)37-44(2)15-14-18-55(80-10)65(79)42-54(87-63(78)68-65)46(4)61-64(56,6)89-61/h12-18,38-40,46-47,54-56,61,79H,11,19-37,41-43H2,1-10H3,(H,67,74)(H,68,78)/b18-14+,44-15+/t46-,47+,54+,55-,56+,61?,64+,65-/m1/s1. The van der Waals surface area contributed by atoms with E-state index in [2.05, 4.69) is 52.3 Å². The number of halogens is 1. The highest BCUT2D eigenvalue weighted by molar-refractivity contribution is 6.34. The van der Waals surface area contributed by atoms with Gasteiger partial charge in [-0.05, 0) is 82.4 Å². The van der Waals surface area contributed by atoms with Crippen molar-refractivity contribution in [3.8, 4) is 0 Å². The van der Waals surface area contributed by atoms with Crippen LogP contribution in [0.3, 0.4) is 0 Å². The number of anilines is 1. The zero-order chi connectivity index (χ0) is 64.7. The highest BCUT2D eigenvalue weighted by atomic mass is 35.5. The maximum absolute atomic E-state index is 14.3. The molecule has 0 saturated carbocycles. The van der Waals surface area contributed by atoms with Crippen molar-refractivity contribution in [3.63, 3.8) is 0 Å². The number of amides is 4. The Morgan fingerprint density at radius 1 is 0.876 bits per heavy atom. The number of likely N-dealkylation sites (N-methyl/N-ethyl adjacent to an activating group) is 1. The Labute approximate surface area is 528 Å². The second kappa shape index (κ2) is 35.7. The van der Waals surface area contributed by atoms with E-state index in [1.807, 2.05) is 44.2 Å². The number of nitrogens with zero attached hydrogens (tertiary/aromatic N) is 4. The lowest BCUT2D eigenvalue weighted by Gasteiger charge is -2.42. The number of fused-ring (bicyclic) bond motifs is 6. The number of esters is 1. The molecule has 2 fully saturated rings. The number of nitrogens with one attached hydrogen (secondary N) is 2. The fraction of sp³-hybridized carbons (Fsp3) is 0.631. The van der Waals surface area contributed by atoms with Crippen LogP contribution in [0.15, 0.2) is 66.3 Å². The fourth-order valence-corrected chi connectivity index (χ4v) is 11.0. The van der Waals surface area contributed by atoms with Crippen LogP contribution in [0.4, 0.5) is 10.5 Å². The molecule has 6 rings (SSSR count). The van der Waals surface area contributed by atoms with Gasteiger partial charge in [-0.1, -0.05) is 73.5 Å². The third kappa shape index (κ3) is 21.7. The molecule has 494 valence electrons. The molecule has 1 aromatic heterocycles. The number of alkyl carbamates (subject to hydrolysis) is 1. The predicted molar refractivity (Wildman–Crippen MR) is 334 cm³/mol. The molecule has 2 aromatic carbocycles. The molecule has 8 atom stereocenters. The van der Waals surface area contributed by atoms with E-state index < -0.39 is 65.7 Å². The summed E-state index contributed by atoms with van der Waals surface area (Å²) in [5, 5.41) is 18.7. The molecule has 89 heavy (non-hydrogen) atoms. The topological polar surface area (TPSA) is 257 Å². The highest BCUT2D eigenvalue weighted by Crippen LogP contribution is 2.49. The number of carbonyl (C=O) groups excluding carboxylic acids is 6. The molecule has 24 heteroatoms. The van der Waals surface area contributed by atoms with E-state index in [-0.39, 0.29) is 69.5 Å². The summed E-state index contributed by atoms with van der Waals surface area (Å²) in [4.78, 5) is 84.7. The summed E-state index contributed by atoms with van der Waals surface area (Å²) >= 11 is 6.83. The van der Waals surface area contributed by atoms with Gasteiger partial charge in [0.2, 0.25) is 17.7 Å². The average Bonchev–Trinajstić information content (AvgIpc) is 1.66. The minimum Gasteiger partial charge on any atom is -0.457 e. The van der Waals surface area contributed by atoms with Gasteiger partial charge in [-0.15, -0.1) is 0 Å². The van der Waals surface area contributed by atoms with Crippen LogP contribution in [0, 0.1) is 12.8 Å². The number of Topliss-reactive ketones (excluding diaryl/α,β-unsaturated/α-hetero) is 1. The van der Waals surface area contributed by atoms with Crippen LogP contribution >= 0.6 is 11.6 Å². The summed E-state index contributed by atoms with van der Waals surface area (Å²) in [6.07, 6.45) is 1.55. The van der Waals surface area contributed by atoms with Gasteiger partial charge in [0, 0.05) is 83.7 Å². The minimum absolute atomic E-state index is 0.0280. The molecule has 1 unspecified atom stereocenters. The van der Waals surface area contributed by atoms with Crippen LogP contribution in [-0.4, -0.2) is 217 Å². The Morgan fingerprint density at radius 2 is 1.51 bits per heavy atom. The van der Waals surface area contributed by atoms with Crippen molar-refractivity contribution in [1.29, 1.82) is 0 Å². The smallest absolute Gasteiger partial charge is 0.409 e. The van der Waals surface area contributed by atoms with E-state index in [0.717, 1.165) is 40.7 Å². The lowest BCUT2D eigenvalue weighted by atomic mass is 9.83. The van der Waals surface area contributed by atoms with Crippen molar-refractivity contribution >= 4 is 63.8 Å². The summed E-state index contributed by atoms with van der Waals surface area (Å²) in [6, 6.07) is 13.1. The van der Waals surface area contributed by atoms with Crippen molar-refractivity contribution in [2.45, 2.75) is 141 Å². The number of hydrogen-bond acceptors (Lipinski definition) is 18. The molecule has 23 nitrogen and oxygen atoms in total. The number of para-hydroxylation sites is 1. The second-order valence-electron chi connectivity index (χ2n) is 23.3. The molecule has 4 heterocycles. The molecule has 4 amide bonds. The van der Waals surface area contributed by atoms with Crippen molar-refractivity contribution in [1.82, 2.24) is 25.0 Å². The first-order chi connectivity index (χ1) is 42.6. The summed E-state index contributed by atoms with van der Waals surface area (Å²) in [5.74, 6) is -2.25. The predicted octanol–water partition coefficient (Wildman–Crippen LogP) is 6.27. The number of methoxy groups -OCH3 is 1. The molecule has 3 aromatic rings. The van der Waals surface area contributed by atoms with E-state index in [0.29, 0.717) is 96.1 Å². The normalized spacial score (nSPS) is 23.4. The van der Waals surface area contributed by atoms with E-state index in [4.69, 9.17) is 59.0 Å². The number of aromatic nitrogens is 1. The molecular formula is C65H95ClN6O17. The van der Waals surface area contributed by atoms with Gasteiger partial charge in [0.1, 0.15) is 35.7 Å². The number of ketones is 1. The second-order valence-corrected chi connectivity index (χ2v) is 23.6. The van der Waals surface area contributed by atoms with Gasteiger partial charge in [0.05, 0.1) is 109 Å². The minimum atomic E-state index is -1.85. The third-order valence-corrected chi connectivity index (χ3v) is 17.0. The maximum atomic E-state index is 14.3. The number of ether oxygens (including phenoxy) is 10. The Balaban J connectivity index is 0.806. The molecule has 3 N–H and O–H groups in total. The molecular weight excluding hydrogens is 1170 g/mol. The summed E-state index contributed by atoms with van der Waals surface area (Å²) in [5.41, 5.74) is 2.25. The van der Waals surface area contributed by atoms with E-state index in [9.17, 15) is 33.9 Å².